The van der Waals surface area contributed by atoms with Gasteiger partial charge in [-0.3, -0.25) is 0 Å². The first-order valence-electron chi connectivity index (χ1n) is 7.34. The molecule has 2 N–H and O–H groups in total. The van der Waals surface area contributed by atoms with Crippen molar-refractivity contribution >= 4 is 27.4 Å². The van der Waals surface area contributed by atoms with Gasteiger partial charge < -0.3 is 5.73 Å². The second-order valence-corrected chi connectivity index (χ2v) is 6.59. The van der Waals surface area contributed by atoms with E-state index in [1.807, 2.05) is 13.0 Å². The predicted molar refractivity (Wildman–Crippen MR) is 93.8 cm³/mol. The van der Waals surface area contributed by atoms with Gasteiger partial charge in [-0.1, -0.05) is 12.1 Å². The van der Waals surface area contributed by atoms with Crippen molar-refractivity contribution in [1.82, 2.24) is 19.7 Å². The smallest absolute Gasteiger partial charge is 0.168 e. The zero-order valence-electron chi connectivity index (χ0n) is 13.1. The lowest BCUT2D eigenvalue weighted by molar-refractivity contribution is 0.628. The van der Waals surface area contributed by atoms with Crippen molar-refractivity contribution in [3.05, 3.63) is 53.0 Å². The Kier molecular flexibility index (Phi) is 3.44. The van der Waals surface area contributed by atoms with Crippen LogP contribution in [0.4, 0.5) is 10.2 Å². The van der Waals surface area contributed by atoms with Crippen LogP contribution in [0, 0.1) is 24.1 Å². The highest BCUT2D eigenvalue weighted by Crippen LogP contribution is 2.40. The van der Waals surface area contributed by atoms with E-state index in [1.165, 1.54) is 40.7 Å². The highest BCUT2D eigenvalue weighted by Gasteiger charge is 2.20. The van der Waals surface area contributed by atoms with Gasteiger partial charge in [0, 0.05) is 10.4 Å². The Hall–Kier alpha value is -3.31. The Bertz CT molecular complexity index is 1140. The van der Waals surface area contributed by atoms with E-state index in [0.29, 0.717) is 5.82 Å². The number of nitrogen functional groups attached to an aromatic ring is 1. The summed E-state index contributed by atoms with van der Waals surface area (Å²) >= 11 is 1.51. The van der Waals surface area contributed by atoms with E-state index in [1.54, 1.807) is 12.1 Å². The minimum absolute atomic E-state index is 0.219. The molecule has 1 aromatic carbocycles. The van der Waals surface area contributed by atoms with Crippen molar-refractivity contribution in [2.75, 3.05) is 5.73 Å². The van der Waals surface area contributed by atoms with E-state index < -0.39 is 0 Å². The summed E-state index contributed by atoms with van der Waals surface area (Å²) in [5.74, 6) is 0.413. The van der Waals surface area contributed by atoms with E-state index in [4.69, 9.17) is 11.0 Å². The van der Waals surface area contributed by atoms with Crippen molar-refractivity contribution in [2.24, 2.45) is 0 Å². The van der Waals surface area contributed by atoms with Crippen molar-refractivity contribution in [3.63, 3.8) is 0 Å². The predicted octanol–water partition coefficient (Wildman–Crippen LogP) is 3.45. The molecule has 3 heterocycles. The molecule has 6 nitrogen and oxygen atoms in total. The van der Waals surface area contributed by atoms with Crippen LogP contribution in [-0.4, -0.2) is 19.7 Å². The molecule has 8 heteroatoms. The molecule has 0 spiro atoms. The maximum absolute atomic E-state index is 13.3. The Morgan fingerprint density at radius 3 is 2.68 bits per heavy atom. The van der Waals surface area contributed by atoms with Crippen LogP contribution >= 0.6 is 11.3 Å². The van der Waals surface area contributed by atoms with Gasteiger partial charge in [0.2, 0.25) is 0 Å². The average molecular weight is 350 g/mol. The molecule has 0 radical (unpaired) electrons. The highest BCUT2D eigenvalue weighted by atomic mass is 32.1. The molecule has 0 aliphatic rings. The number of hydrogen-bond donors (Lipinski definition) is 1. The summed E-state index contributed by atoms with van der Waals surface area (Å²) in [5, 5.41) is 14.1. The van der Waals surface area contributed by atoms with Crippen LogP contribution in [0.25, 0.3) is 27.2 Å². The summed E-state index contributed by atoms with van der Waals surface area (Å²) in [5.41, 5.74) is 8.06. The van der Waals surface area contributed by atoms with E-state index in [2.05, 4.69) is 15.1 Å². The number of aryl methyl sites for hydroxylation is 1. The summed E-state index contributed by atoms with van der Waals surface area (Å²) in [7, 11) is 0. The number of fused-ring (bicyclic) bond motifs is 1. The second kappa shape index (κ2) is 5.65. The number of anilines is 1. The minimum atomic E-state index is -0.299. The fourth-order valence-electron chi connectivity index (χ4n) is 2.77. The molecule has 0 aliphatic heterocycles. The summed E-state index contributed by atoms with van der Waals surface area (Å²) in [4.78, 5) is 10.5. The van der Waals surface area contributed by atoms with E-state index in [9.17, 15) is 4.39 Å². The first kappa shape index (κ1) is 15.2. The van der Waals surface area contributed by atoms with Crippen molar-refractivity contribution in [3.8, 4) is 23.0 Å². The Labute approximate surface area is 146 Å². The number of rotatable bonds is 2. The standard InChI is InChI=1S/C17H11FN6S/c1-9-13(10-2-4-12(18)5-3-10)14-16(21-8-22-17(14)25-9)24-15(20)11(6-19)7-23-24/h2-5,7-8H,20H2,1H3. The number of aromatic nitrogens is 4. The molecule has 0 aliphatic carbocycles. The molecule has 0 saturated carbocycles. The van der Waals surface area contributed by atoms with Crippen LogP contribution in [0.5, 0.6) is 0 Å². The third-order valence-corrected chi connectivity index (χ3v) is 4.92. The molecule has 25 heavy (non-hydrogen) atoms. The van der Waals surface area contributed by atoms with Crippen molar-refractivity contribution < 1.29 is 4.39 Å². The SMILES string of the molecule is Cc1sc2ncnc(-n3ncc(C#N)c3N)c2c1-c1ccc(F)cc1. The van der Waals surface area contributed by atoms with Crippen molar-refractivity contribution in [1.29, 1.82) is 5.26 Å². The van der Waals surface area contributed by atoms with E-state index in [0.717, 1.165) is 26.2 Å². The first-order chi connectivity index (χ1) is 12.1. The summed E-state index contributed by atoms with van der Waals surface area (Å²) < 4.78 is 14.7. The maximum atomic E-state index is 13.3. The molecule has 4 rings (SSSR count). The number of nitrogens with two attached hydrogens (primary N) is 1. The van der Waals surface area contributed by atoms with E-state index >= 15 is 0 Å². The summed E-state index contributed by atoms with van der Waals surface area (Å²) in [6, 6.07) is 8.26. The van der Waals surface area contributed by atoms with Gasteiger partial charge in [-0.25, -0.2) is 14.4 Å². The van der Waals surface area contributed by atoms with Crippen LogP contribution in [0.15, 0.2) is 36.8 Å². The minimum Gasteiger partial charge on any atom is -0.382 e. The monoisotopic (exact) mass is 350 g/mol. The lowest BCUT2D eigenvalue weighted by atomic mass is 10.0. The van der Waals surface area contributed by atoms with E-state index in [-0.39, 0.29) is 17.2 Å². The van der Waals surface area contributed by atoms with Gasteiger partial charge in [0.1, 0.15) is 34.4 Å². The van der Waals surface area contributed by atoms with Crippen LogP contribution < -0.4 is 5.73 Å². The maximum Gasteiger partial charge on any atom is 0.168 e. The molecular formula is C17H11FN6S. The number of nitrogens with zero attached hydrogens (tertiary/aromatic N) is 5. The van der Waals surface area contributed by atoms with Crippen LogP contribution in [-0.2, 0) is 0 Å². The number of halogens is 1. The normalized spacial score (nSPS) is 10.9. The van der Waals surface area contributed by atoms with Gasteiger partial charge in [-0.2, -0.15) is 15.0 Å². The van der Waals surface area contributed by atoms with Gasteiger partial charge in [0.15, 0.2) is 5.82 Å². The van der Waals surface area contributed by atoms with Crippen LogP contribution in [0.1, 0.15) is 10.4 Å². The van der Waals surface area contributed by atoms with Gasteiger partial charge in [-0.15, -0.1) is 11.3 Å². The second-order valence-electron chi connectivity index (χ2n) is 5.38. The molecule has 0 fully saturated rings. The molecule has 3 aromatic heterocycles. The molecule has 0 bridgehead atoms. The lowest BCUT2D eigenvalue weighted by Gasteiger charge is -2.08. The Balaban J connectivity index is 2.05. The number of benzene rings is 1. The fourth-order valence-corrected chi connectivity index (χ4v) is 3.77. The molecule has 0 atom stereocenters. The first-order valence-corrected chi connectivity index (χ1v) is 8.16. The largest absolute Gasteiger partial charge is 0.382 e. The third-order valence-electron chi connectivity index (χ3n) is 3.90. The summed E-state index contributed by atoms with van der Waals surface area (Å²) in [6.07, 6.45) is 2.84. The molecule has 0 amide bonds. The quantitative estimate of drug-likeness (QED) is 0.598. The Morgan fingerprint density at radius 2 is 2.00 bits per heavy atom. The Morgan fingerprint density at radius 1 is 1.24 bits per heavy atom. The molecule has 4 aromatic rings. The molecular weight excluding hydrogens is 339 g/mol. The van der Waals surface area contributed by atoms with Crippen molar-refractivity contribution in [2.45, 2.75) is 6.92 Å². The van der Waals surface area contributed by atoms with Gasteiger partial charge in [-0.05, 0) is 24.6 Å². The van der Waals surface area contributed by atoms with Crippen LogP contribution in [0.2, 0.25) is 0 Å². The zero-order chi connectivity index (χ0) is 17.6. The van der Waals surface area contributed by atoms with Gasteiger partial charge >= 0.3 is 0 Å². The topological polar surface area (TPSA) is 93.4 Å². The van der Waals surface area contributed by atoms with Crippen LogP contribution in [0.3, 0.4) is 0 Å². The zero-order valence-corrected chi connectivity index (χ0v) is 13.9. The summed E-state index contributed by atoms with van der Waals surface area (Å²) in [6.45, 7) is 1.97. The fraction of sp³-hybridized carbons (Fsp3) is 0.0588. The van der Waals surface area contributed by atoms with Gasteiger partial charge in [0.25, 0.3) is 0 Å². The molecule has 122 valence electrons. The average Bonchev–Trinajstić information content (AvgIpc) is 3.14. The molecule has 0 unspecified atom stereocenters. The number of nitriles is 1. The highest BCUT2D eigenvalue weighted by molar-refractivity contribution is 7.19. The lowest BCUT2D eigenvalue weighted by Crippen LogP contribution is -2.05. The number of hydrogen-bond acceptors (Lipinski definition) is 6. The molecule has 0 saturated heterocycles. The van der Waals surface area contributed by atoms with Gasteiger partial charge in [0.05, 0.1) is 11.6 Å². The third kappa shape index (κ3) is 2.33. The number of thiophene rings is 1.